The van der Waals surface area contributed by atoms with E-state index in [1.807, 2.05) is 24.0 Å². The molecule has 142 valence electrons. The van der Waals surface area contributed by atoms with E-state index in [9.17, 15) is 18.7 Å². The van der Waals surface area contributed by atoms with Gasteiger partial charge in [-0.1, -0.05) is 18.2 Å². The van der Waals surface area contributed by atoms with Crippen molar-refractivity contribution in [3.63, 3.8) is 0 Å². The smallest absolute Gasteiger partial charge is 0.352 e. The second-order valence-corrected chi connectivity index (χ2v) is 6.45. The third-order valence-electron chi connectivity index (χ3n) is 4.75. The molecule has 5 nitrogen and oxygen atoms in total. The van der Waals surface area contributed by atoms with Gasteiger partial charge >= 0.3 is 5.92 Å². The number of para-hydroxylation sites is 2. The van der Waals surface area contributed by atoms with Crippen LogP contribution in [0.1, 0.15) is 12.5 Å². The van der Waals surface area contributed by atoms with Gasteiger partial charge in [-0.05, 0) is 42.8 Å². The van der Waals surface area contributed by atoms with Crippen molar-refractivity contribution in [2.75, 3.05) is 16.8 Å². The standard InChI is InChI=1S/C21H17F2N3O2/c1-2-26(18-5-3-4-6-19(18)27)15-9-14(11-24-12-15)13-7-8-17-16(10-13)21(22,23)20(28)25-17/h3-12,27H,2H2,1H3,(H,25,28). The molecule has 0 aliphatic carbocycles. The molecule has 0 bridgehead atoms. The quantitative estimate of drug-likeness (QED) is 0.690. The molecule has 0 saturated carbocycles. The number of fused-ring (bicyclic) bond motifs is 1. The number of nitrogens with zero attached hydrogens (tertiary/aromatic N) is 2. The van der Waals surface area contributed by atoms with E-state index in [0.717, 1.165) is 0 Å². The van der Waals surface area contributed by atoms with E-state index >= 15 is 0 Å². The Hall–Kier alpha value is -3.48. The highest BCUT2D eigenvalue weighted by Crippen LogP contribution is 2.42. The fourth-order valence-corrected chi connectivity index (χ4v) is 3.33. The van der Waals surface area contributed by atoms with E-state index in [2.05, 4.69) is 10.3 Å². The average Bonchev–Trinajstić information content (AvgIpc) is 2.92. The Morgan fingerprint density at radius 1 is 1.11 bits per heavy atom. The van der Waals surface area contributed by atoms with Crippen LogP contribution >= 0.6 is 0 Å². The van der Waals surface area contributed by atoms with E-state index in [1.54, 1.807) is 36.7 Å². The van der Waals surface area contributed by atoms with Gasteiger partial charge in [-0.3, -0.25) is 9.78 Å². The van der Waals surface area contributed by atoms with Crippen LogP contribution in [0.5, 0.6) is 5.75 Å². The summed E-state index contributed by atoms with van der Waals surface area (Å²) in [4.78, 5) is 17.6. The highest BCUT2D eigenvalue weighted by atomic mass is 19.3. The monoisotopic (exact) mass is 381 g/mol. The van der Waals surface area contributed by atoms with Crippen molar-refractivity contribution >= 4 is 23.0 Å². The highest BCUT2D eigenvalue weighted by molar-refractivity contribution is 6.04. The summed E-state index contributed by atoms with van der Waals surface area (Å²) in [6.07, 6.45) is 3.22. The van der Waals surface area contributed by atoms with Gasteiger partial charge < -0.3 is 15.3 Å². The lowest BCUT2D eigenvalue weighted by molar-refractivity contribution is -0.139. The number of aromatic nitrogens is 1. The zero-order valence-electron chi connectivity index (χ0n) is 15.0. The summed E-state index contributed by atoms with van der Waals surface area (Å²) in [5.41, 5.74) is 2.27. The van der Waals surface area contributed by atoms with Gasteiger partial charge in [0.15, 0.2) is 0 Å². The Labute approximate surface area is 160 Å². The van der Waals surface area contributed by atoms with Crippen molar-refractivity contribution in [2.45, 2.75) is 12.8 Å². The molecule has 4 rings (SSSR count). The van der Waals surface area contributed by atoms with Crippen molar-refractivity contribution in [1.29, 1.82) is 0 Å². The summed E-state index contributed by atoms with van der Waals surface area (Å²) in [6, 6.07) is 13.2. The van der Waals surface area contributed by atoms with Crippen LogP contribution in [-0.4, -0.2) is 22.5 Å². The van der Waals surface area contributed by atoms with Crippen LogP contribution in [0.15, 0.2) is 60.9 Å². The number of rotatable bonds is 4. The molecule has 0 radical (unpaired) electrons. The summed E-state index contributed by atoms with van der Waals surface area (Å²) >= 11 is 0. The molecule has 2 N–H and O–H groups in total. The molecule has 1 aliphatic rings. The third-order valence-corrected chi connectivity index (χ3v) is 4.75. The first-order valence-corrected chi connectivity index (χ1v) is 8.76. The fraction of sp³-hybridized carbons (Fsp3) is 0.143. The van der Waals surface area contributed by atoms with E-state index in [1.165, 1.54) is 12.1 Å². The zero-order valence-corrected chi connectivity index (χ0v) is 15.0. The number of nitrogens with one attached hydrogen (secondary N) is 1. The molecule has 28 heavy (non-hydrogen) atoms. The number of anilines is 3. The summed E-state index contributed by atoms with van der Waals surface area (Å²) in [7, 11) is 0. The van der Waals surface area contributed by atoms with Crippen molar-refractivity contribution in [1.82, 2.24) is 4.98 Å². The third kappa shape index (κ3) is 2.85. The Balaban J connectivity index is 1.75. The second-order valence-electron chi connectivity index (χ2n) is 6.45. The molecule has 2 aromatic carbocycles. The van der Waals surface area contributed by atoms with E-state index in [-0.39, 0.29) is 17.0 Å². The van der Waals surface area contributed by atoms with E-state index < -0.39 is 11.8 Å². The Morgan fingerprint density at radius 2 is 1.89 bits per heavy atom. The number of benzene rings is 2. The molecule has 0 fully saturated rings. The largest absolute Gasteiger partial charge is 0.506 e. The van der Waals surface area contributed by atoms with Gasteiger partial charge in [0.25, 0.3) is 5.91 Å². The number of phenols is 1. The first-order valence-electron chi connectivity index (χ1n) is 8.76. The average molecular weight is 381 g/mol. The van der Waals surface area contributed by atoms with Crippen LogP contribution in [0.4, 0.5) is 25.8 Å². The minimum absolute atomic E-state index is 0.118. The topological polar surface area (TPSA) is 65.5 Å². The lowest BCUT2D eigenvalue weighted by Gasteiger charge is -2.24. The highest BCUT2D eigenvalue weighted by Gasteiger charge is 2.48. The summed E-state index contributed by atoms with van der Waals surface area (Å²) in [6.45, 7) is 2.51. The van der Waals surface area contributed by atoms with Crippen LogP contribution in [0.25, 0.3) is 11.1 Å². The Bertz CT molecular complexity index is 1070. The minimum atomic E-state index is -3.55. The van der Waals surface area contributed by atoms with Gasteiger partial charge in [-0.2, -0.15) is 8.78 Å². The number of carbonyl (C=O) groups excluding carboxylic acids is 1. The molecular formula is C21H17F2N3O2. The van der Waals surface area contributed by atoms with Crippen molar-refractivity contribution < 1.29 is 18.7 Å². The zero-order chi connectivity index (χ0) is 19.9. The molecule has 1 aromatic heterocycles. The predicted molar refractivity (Wildman–Crippen MR) is 103 cm³/mol. The van der Waals surface area contributed by atoms with Crippen LogP contribution in [0.3, 0.4) is 0 Å². The maximum absolute atomic E-state index is 14.1. The number of carbonyl (C=O) groups is 1. The molecule has 0 saturated heterocycles. The molecule has 1 aliphatic heterocycles. The maximum Gasteiger partial charge on any atom is 0.352 e. The molecule has 0 unspecified atom stereocenters. The van der Waals surface area contributed by atoms with E-state index in [4.69, 9.17) is 0 Å². The second kappa shape index (κ2) is 6.60. The number of aromatic hydroxyl groups is 1. The van der Waals surface area contributed by atoms with Crippen LogP contribution in [0.2, 0.25) is 0 Å². The molecule has 1 amide bonds. The van der Waals surface area contributed by atoms with Gasteiger partial charge in [0.2, 0.25) is 0 Å². The summed E-state index contributed by atoms with van der Waals surface area (Å²) in [5, 5.41) is 12.4. The molecule has 2 heterocycles. The van der Waals surface area contributed by atoms with Crippen LogP contribution in [0, 0.1) is 0 Å². The Morgan fingerprint density at radius 3 is 2.64 bits per heavy atom. The van der Waals surface area contributed by atoms with Crippen molar-refractivity contribution in [3.8, 4) is 16.9 Å². The first kappa shape index (κ1) is 17.9. The predicted octanol–water partition coefficient (Wildman–Crippen LogP) is 4.66. The lowest BCUT2D eigenvalue weighted by Crippen LogP contribution is -2.23. The number of alkyl halides is 2. The summed E-state index contributed by atoms with van der Waals surface area (Å²) in [5.74, 6) is -4.73. The lowest BCUT2D eigenvalue weighted by atomic mass is 10.0. The fourth-order valence-electron chi connectivity index (χ4n) is 3.33. The van der Waals surface area contributed by atoms with Gasteiger partial charge in [0.05, 0.1) is 28.8 Å². The minimum Gasteiger partial charge on any atom is -0.506 e. The molecule has 0 spiro atoms. The molecular weight excluding hydrogens is 364 g/mol. The summed E-state index contributed by atoms with van der Waals surface area (Å²) < 4.78 is 28.2. The number of amides is 1. The van der Waals surface area contributed by atoms with Crippen molar-refractivity contribution in [2.24, 2.45) is 0 Å². The van der Waals surface area contributed by atoms with Gasteiger partial charge in [0, 0.05) is 18.3 Å². The van der Waals surface area contributed by atoms with Gasteiger partial charge in [-0.25, -0.2) is 0 Å². The van der Waals surface area contributed by atoms with Crippen LogP contribution < -0.4 is 10.2 Å². The number of pyridine rings is 1. The number of hydrogen-bond acceptors (Lipinski definition) is 4. The van der Waals surface area contributed by atoms with Crippen molar-refractivity contribution in [3.05, 3.63) is 66.5 Å². The molecule has 7 heteroatoms. The van der Waals surface area contributed by atoms with Gasteiger partial charge in [-0.15, -0.1) is 0 Å². The van der Waals surface area contributed by atoms with Crippen LogP contribution in [-0.2, 0) is 10.7 Å². The normalized spacial score (nSPS) is 14.5. The Kier molecular flexibility index (Phi) is 4.22. The number of phenolic OH excluding ortho intramolecular Hbond substituents is 1. The molecule has 3 aromatic rings. The number of hydrogen-bond donors (Lipinski definition) is 2. The maximum atomic E-state index is 14.1. The number of halogens is 2. The van der Waals surface area contributed by atoms with Gasteiger partial charge in [0.1, 0.15) is 5.75 Å². The first-order chi connectivity index (χ1) is 13.4. The SMILES string of the molecule is CCN(c1cncc(-c2ccc3c(c2)C(F)(F)C(=O)N3)c1)c1ccccc1O. The molecule has 0 atom stereocenters. The van der Waals surface area contributed by atoms with E-state index in [0.29, 0.717) is 29.0 Å².